The Kier molecular flexibility index (Phi) is 3.64. The number of benzene rings is 2. The molecule has 106 valence electrons. The zero-order valence-corrected chi connectivity index (χ0v) is 11.5. The number of carbonyl (C=O) groups excluding carboxylic acids is 1. The summed E-state index contributed by atoms with van der Waals surface area (Å²) in [4.78, 5) is 11.8. The summed E-state index contributed by atoms with van der Waals surface area (Å²) in [5.74, 6) is 0.475. The third-order valence-electron chi connectivity index (χ3n) is 3.29. The van der Waals surface area contributed by atoms with Crippen LogP contribution >= 0.6 is 0 Å². The molecule has 0 aromatic heterocycles. The first kappa shape index (κ1) is 13.7. The van der Waals surface area contributed by atoms with Crippen molar-refractivity contribution >= 4 is 24.4 Å². The number of rotatable bonds is 2. The zero-order chi connectivity index (χ0) is 14.8. The van der Waals surface area contributed by atoms with Crippen LogP contribution in [0.5, 0.6) is 5.75 Å². The molecule has 5 nitrogen and oxygen atoms in total. The number of aryl methyl sites for hydroxylation is 1. The summed E-state index contributed by atoms with van der Waals surface area (Å²) in [6.07, 6.45) is -0.577. The first-order valence-electron chi connectivity index (χ1n) is 6.60. The molecule has 0 saturated heterocycles. The second-order valence-corrected chi connectivity index (χ2v) is 4.90. The number of anilines is 1. The molecule has 1 heterocycles. The fourth-order valence-electron chi connectivity index (χ4n) is 2.15. The van der Waals surface area contributed by atoms with E-state index in [0.29, 0.717) is 23.5 Å². The number of hydrogen-bond acceptors (Lipinski definition) is 4. The van der Waals surface area contributed by atoms with Crippen LogP contribution in [0.15, 0.2) is 42.5 Å². The van der Waals surface area contributed by atoms with Gasteiger partial charge in [0.25, 0.3) is 0 Å². The maximum absolute atomic E-state index is 11.8. The molecule has 1 aliphatic heterocycles. The Morgan fingerprint density at radius 3 is 2.81 bits per heavy atom. The van der Waals surface area contributed by atoms with E-state index >= 15 is 0 Å². The maximum Gasteiger partial charge on any atom is 0.491 e. The van der Waals surface area contributed by atoms with E-state index in [1.165, 1.54) is 0 Å². The Morgan fingerprint density at radius 1 is 1.29 bits per heavy atom. The molecular weight excluding hydrogens is 269 g/mol. The predicted octanol–water partition coefficient (Wildman–Crippen LogP) is 1.82. The van der Waals surface area contributed by atoms with Crippen molar-refractivity contribution in [2.24, 2.45) is 0 Å². The molecule has 0 saturated carbocycles. The first-order chi connectivity index (χ1) is 10.1. The van der Waals surface area contributed by atoms with Crippen molar-refractivity contribution < 1.29 is 19.2 Å². The summed E-state index contributed by atoms with van der Waals surface area (Å²) < 4.78 is 10.3. The normalized spacial score (nSPS) is 13.0. The molecule has 0 unspecified atom stereocenters. The molecule has 6 heteroatoms. The van der Waals surface area contributed by atoms with Crippen molar-refractivity contribution in [1.82, 2.24) is 0 Å². The van der Waals surface area contributed by atoms with Crippen molar-refractivity contribution in [1.29, 1.82) is 0 Å². The van der Waals surface area contributed by atoms with Crippen LogP contribution in [0.3, 0.4) is 0 Å². The van der Waals surface area contributed by atoms with Crippen LogP contribution in [-0.4, -0.2) is 18.2 Å². The molecule has 0 aliphatic carbocycles. The Labute approximate surface area is 122 Å². The van der Waals surface area contributed by atoms with Gasteiger partial charge in [0.05, 0.1) is 6.61 Å². The van der Waals surface area contributed by atoms with Gasteiger partial charge in [-0.3, -0.25) is 5.32 Å². The lowest BCUT2D eigenvalue weighted by atomic mass is 9.79. The zero-order valence-electron chi connectivity index (χ0n) is 11.5. The number of nitrogens with one attached hydrogen (secondary N) is 1. The average Bonchev–Trinajstić information content (AvgIpc) is 2.83. The maximum atomic E-state index is 11.8. The summed E-state index contributed by atoms with van der Waals surface area (Å²) in [7, 11) is -0.935. The molecule has 0 atom stereocenters. The lowest BCUT2D eigenvalue weighted by Gasteiger charge is -2.08. The second-order valence-electron chi connectivity index (χ2n) is 4.90. The molecule has 21 heavy (non-hydrogen) atoms. The van der Waals surface area contributed by atoms with Crippen LogP contribution < -0.4 is 15.5 Å². The SMILES string of the molecule is Cc1ccc(OC(=O)Nc2ccc3c(c2)B(O)OC3)cc1. The van der Waals surface area contributed by atoms with Crippen molar-refractivity contribution in [2.75, 3.05) is 5.32 Å². The van der Waals surface area contributed by atoms with Gasteiger partial charge in [0.2, 0.25) is 0 Å². The summed E-state index contributed by atoms with van der Waals surface area (Å²) in [6, 6.07) is 12.4. The quantitative estimate of drug-likeness (QED) is 0.825. The summed E-state index contributed by atoms with van der Waals surface area (Å²) in [5.41, 5.74) is 3.23. The molecule has 1 aliphatic rings. The summed E-state index contributed by atoms with van der Waals surface area (Å²) in [5, 5.41) is 12.3. The fourth-order valence-corrected chi connectivity index (χ4v) is 2.15. The van der Waals surface area contributed by atoms with Crippen LogP contribution in [-0.2, 0) is 11.3 Å². The van der Waals surface area contributed by atoms with Gasteiger partial charge in [-0.15, -0.1) is 0 Å². The van der Waals surface area contributed by atoms with Gasteiger partial charge < -0.3 is 14.4 Å². The Hall–Kier alpha value is -2.31. The van der Waals surface area contributed by atoms with Gasteiger partial charge in [0.1, 0.15) is 5.75 Å². The van der Waals surface area contributed by atoms with Crippen LogP contribution in [0, 0.1) is 6.92 Å². The van der Waals surface area contributed by atoms with Crippen LogP contribution in [0.1, 0.15) is 11.1 Å². The Bertz CT molecular complexity index is 672. The number of fused-ring (bicyclic) bond motifs is 1. The van der Waals surface area contributed by atoms with E-state index in [1.807, 2.05) is 25.1 Å². The third-order valence-corrected chi connectivity index (χ3v) is 3.29. The molecule has 2 aromatic carbocycles. The predicted molar refractivity (Wildman–Crippen MR) is 79.7 cm³/mol. The van der Waals surface area contributed by atoms with Gasteiger partial charge in [-0.2, -0.15) is 0 Å². The van der Waals surface area contributed by atoms with E-state index in [4.69, 9.17) is 9.39 Å². The highest BCUT2D eigenvalue weighted by atomic mass is 16.6. The molecule has 1 amide bonds. The fraction of sp³-hybridized carbons (Fsp3) is 0.133. The van der Waals surface area contributed by atoms with Crippen molar-refractivity contribution in [3.05, 3.63) is 53.6 Å². The summed E-state index contributed by atoms with van der Waals surface area (Å²) >= 11 is 0. The minimum Gasteiger partial charge on any atom is -0.423 e. The van der Waals surface area contributed by atoms with Crippen LogP contribution in [0.25, 0.3) is 0 Å². The monoisotopic (exact) mass is 283 g/mol. The van der Waals surface area contributed by atoms with E-state index in [0.717, 1.165) is 11.1 Å². The Morgan fingerprint density at radius 2 is 2.05 bits per heavy atom. The molecule has 0 spiro atoms. The molecule has 0 radical (unpaired) electrons. The van der Waals surface area contributed by atoms with Gasteiger partial charge >= 0.3 is 13.2 Å². The van der Waals surface area contributed by atoms with Crippen molar-refractivity contribution in [3.63, 3.8) is 0 Å². The smallest absolute Gasteiger partial charge is 0.423 e. The number of hydrogen-bond donors (Lipinski definition) is 2. The molecular formula is C15H14BNO4. The second kappa shape index (κ2) is 5.59. The van der Waals surface area contributed by atoms with Gasteiger partial charge in [-0.1, -0.05) is 23.8 Å². The molecule has 2 N–H and O–H groups in total. The van der Waals surface area contributed by atoms with Gasteiger partial charge in [-0.25, -0.2) is 4.79 Å². The van der Waals surface area contributed by atoms with E-state index in [2.05, 4.69) is 5.32 Å². The van der Waals surface area contributed by atoms with E-state index in [-0.39, 0.29) is 0 Å². The third kappa shape index (κ3) is 3.07. The molecule has 3 rings (SSSR count). The number of carbonyl (C=O) groups is 1. The van der Waals surface area contributed by atoms with Gasteiger partial charge in [0, 0.05) is 5.69 Å². The van der Waals surface area contributed by atoms with Gasteiger partial charge in [0.15, 0.2) is 0 Å². The average molecular weight is 283 g/mol. The lowest BCUT2D eigenvalue weighted by Crippen LogP contribution is -2.28. The van der Waals surface area contributed by atoms with E-state index < -0.39 is 13.2 Å². The van der Waals surface area contributed by atoms with Crippen molar-refractivity contribution in [2.45, 2.75) is 13.5 Å². The molecule has 0 bridgehead atoms. The highest BCUT2D eigenvalue weighted by molar-refractivity contribution is 6.61. The highest BCUT2D eigenvalue weighted by Crippen LogP contribution is 2.16. The van der Waals surface area contributed by atoms with E-state index in [1.54, 1.807) is 24.3 Å². The minimum absolute atomic E-state index is 0.380. The number of ether oxygens (including phenoxy) is 1. The van der Waals surface area contributed by atoms with Crippen LogP contribution in [0.2, 0.25) is 0 Å². The standard InChI is InChI=1S/C15H14BNO4/c1-10-2-6-13(7-3-10)21-15(18)17-12-5-4-11-9-20-16(19)14(11)8-12/h2-8,19H,9H2,1H3,(H,17,18). The highest BCUT2D eigenvalue weighted by Gasteiger charge is 2.27. The first-order valence-corrected chi connectivity index (χ1v) is 6.60. The minimum atomic E-state index is -0.935. The topological polar surface area (TPSA) is 67.8 Å². The largest absolute Gasteiger partial charge is 0.491 e. The van der Waals surface area contributed by atoms with Crippen molar-refractivity contribution in [3.8, 4) is 5.75 Å². The Balaban J connectivity index is 1.68. The lowest BCUT2D eigenvalue weighted by molar-refractivity contribution is 0.215. The van der Waals surface area contributed by atoms with Gasteiger partial charge in [-0.05, 0) is 42.2 Å². The van der Waals surface area contributed by atoms with Crippen LogP contribution in [0.4, 0.5) is 10.5 Å². The molecule has 0 fully saturated rings. The van der Waals surface area contributed by atoms with E-state index in [9.17, 15) is 9.82 Å². The summed E-state index contributed by atoms with van der Waals surface area (Å²) in [6.45, 7) is 2.34. The number of amides is 1. The molecule has 2 aromatic rings.